The van der Waals surface area contributed by atoms with E-state index in [2.05, 4.69) is 21.2 Å². The summed E-state index contributed by atoms with van der Waals surface area (Å²) in [7, 11) is 0. The third-order valence-electron chi connectivity index (χ3n) is 4.65. The number of aromatic carboxylic acids is 1. The number of hydrogen-bond donors (Lipinski definition) is 2. The van der Waals surface area contributed by atoms with Crippen molar-refractivity contribution in [2.45, 2.75) is 0 Å². The molecular weight excluding hydrogens is 482 g/mol. The molecule has 4 rings (SSSR count). The number of thiocarbonyl (C=S) groups is 1. The zero-order chi connectivity index (χ0) is 22.1. The fourth-order valence-corrected chi connectivity index (χ4v) is 3.69. The summed E-state index contributed by atoms with van der Waals surface area (Å²) >= 11 is 8.56. The monoisotopic (exact) mass is 495 g/mol. The van der Waals surface area contributed by atoms with Crippen molar-refractivity contribution < 1.29 is 19.5 Å². The quantitative estimate of drug-likeness (QED) is 0.326. The standard InChI is InChI=1S/C22H14BrN3O4S/c23-14-5-9-16(10-6-14)26-20(28)18(19(27)24-22(26)31)12-17-2-1-11-25(17)15-7-3-13(4-8-15)21(29)30/h1-12H,(H,29,30)(H,24,27,31)/b18-12+. The molecule has 1 fully saturated rings. The number of anilines is 1. The van der Waals surface area contributed by atoms with Gasteiger partial charge >= 0.3 is 5.97 Å². The van der Waals surface area contributed by atoms with Crippen LogP contribution in [0.25, 0.3) is 11.8 Å². The Morgan fingerprint density at radius 2 is 1.65 bits per heavy atom. The molecule has 0 spiro atoms. The number of nitrogens with zero attached hydrogens (tertiary/aromatic N) is 2. The highest BCUT2D eigenvalue weighted by atomic mass is 79.9. The Bertz CT molecular complexity index is 1250. The molecule has 1 aliphatic heterocycles. The summed E-state index contributed by atoms with van der Waals surface area (Å²) in [5, 5.41) is 11.6. The number of carbonyl (C=O) groups is 3. The van der Waals surface area contributed by atoms with Gasteiger partial charge in [0, 0.05) is 22.1 Å². The van der Waals surface area contributed by atoms with E-state index in [1.807, 2.05) is 0 Å². The molecule has 2 N–H and O–H groups in total. The van der Waals surface area contributed by atoms with Gasteiger partial charge < -0.3 is 9.67 Å². The van der Waals surface area contributed by atoms with E-state index in [1.165, 1.54) is 23.1 Å². The van der Waals surface area contributed by atoms with Gasteiger partial charge in [-0.2, -0.15) is 0 Å². The summed E-state index contributed by atoms with van der Waals surface area (Å²) in [6.07, 6.45) is 3.24. The smallest absolute Gasteiger partial charge is 0.335 e. The molecule has 3 aromatic rings. The molecule has 9 heteroatoms. The number of carbonyl (C=O) groups excluding carboxylic acids is 2. The second kappa shape index (κ2) is 8.29. The lowest BCUT2D eigenvalue weighted by Crippen LogP contribution is -2.54. The van der Waals surface area contributed by atoms with Gasteiger partial charge in [0.05, 0.1) is 11.3 Å². The van der Waals surface area contributed by atoms with E-state index in [-0.39, 0.29) is 16.2 Å². The minimum atomic E-state index is -1.02. The summed E-state index contributed by atoms with van der Waals surface area (Å²) in [5.74, 6) is -2.14. The van der Waals surface area contributed by atoms with Crippen LogP contribution < -0.4 is 10.2 Å². The average molecular weight is 496 g/mol. The van der Waals surface area contributed by atoms with Gasteiger partial charge in [0.2, 0.25) is 0 Å². The van der Waals surface area contributed by atoms with Crippen molar-refractivity contribution in [3.63, 3.8) is 0 Å². The fraction of sp³-hybridized carbons (Fsp3) is 0. The molecule has 0 saturated carbocycles. The Hall–Kier alpha value is -3.56. The number of aromatic nitrogens is 1. The fourth-order valence-electron chi connectivity index (χ4n) is 3.14. The van der Waals surface area contributed by atoms with Crippen LogP contribution in [0.1, 0.15) is 16.1 Å². The number of hydrogen-bond acceptors (Lipinski definition) is 4. The van der Waals surface area contributed by atoms with E-state index in [0.29, 0.717) is 17.1 Å². The van der Waals surface area contributed by atoms with Gasteiger partial charge in [0.15, 0.2) is 5.11 Å². The highest BCUT2D eigenvalue weighted by Gasteiger charge is 2.34. The first kappa shape index (κ1) is 20.7. The Balaban J connectivity index is 1.71. The maximum Gasteiger partial charge on any atom is 0.335 e. The number of benzene rings is 2. The lowest BCUT2D eigenvalue weighted by molar-refractivity contribution is -0.122. The van der Waals surface area contributed by atoms with Crippen molar-refractivity contribution >= 4 is 62.8 Å². The summed E-state index contributed by atoms with van der Waals surface area (Å²) in [5.41, 5.74) is 1.88. The molecule has 2 amide bonds. The Morgan fingerprint density at radius 1 is 1.00 bits per heavy atom. The third kappa shape index (κ3) is 4.05. The highest BCUT2D eigenvalue weighted by molar-refractivity contribution is 9.10. The molecule has 1 saturated heterocycles. The van der Waals surface area contributed by atoms with Gasteiger partial charge in [0.25, 0.3) is 11.8 Å². The van der Waals surface area contributed by atoms with Crippen LogP contribution in [0.4, 0.5) is 5.69 Å². The number of rotatable bonds is 4. The van der Waals surface area contributed by atoms with Crippen molar-refractivity contribution in [2.24, 2.45) is 0 Å². The molecule has 0 bridgehead atoms. The topological polar surface area (TPSA) is 91.6 Å². The van der Waals surface area contributed by atoms with E-state index >= 15 is 0 Å². The summed E-state index contributed by atoms with van der Waals surface area (Å²) < 4.78 is 2.59. The van der Waals surface area contributed by atoms with Crippen molar-refractivity contribution in [3.8, 4) is 5.69 Å². The van der Waals surface area contributed by atoms with Crippen LogP contribution in [0.3, 0.4) is 0 Å². The molecule has 0 aliphatic carbocycles. The molecule has 154 valence electrons. The molecule has 0 unspecified atom stereocenters. The molecular formula is C22H14BrN3O4S. The van der Waals surface area contributed by atoms with E-state index in [9.17, 15) is 14.4 Å². The Labute approximate surface area is 190 Å². The second-order valence-electron chi connectivity index (χ2n) is 6.59. The maximum absolute atomic E-state index is 13.1. The van der Waals surface area contributed by atoms with Crippen LogP contribution in [0.2, 0.25) is 0 Å². The minimum absolute atomic E-state index is 0.00844. The van der Waals surface area contributed by atoms with E-state index in [0.717, 1.165) is 4.47 Å². The number of carboxylic acid groups (broad SMARTS) is 1. The van der Waals surface area contributed by atoms with Crippen LogP contribution in [0, 0.1) is 0 Å². The summed E-state index contributed by atoms with van der Waals surface area (Å²) in [6.45, 7) is 0. The molecule has 31 heavy (non-hydrogen) atoms. The molecule has 1 aliphatic rings. The number of halogens is 1. The van der Waals surface area contributed by atoms with Crippen molar-refractivity contribution in [1.29, 1.82) is 0 Å². The van der Waals surface area contributed by atoms with Crippen molar-refractivity contribution in [3.05, 3.63) is 88.2 Å². The predicted octanol–water partition coefficient (Wildman–Crippen LogP) is 3.77. The summed E-state index contributed by atoms with van der Waals surface area (Å²) in [4.78, 5) is 38.0. The van der Waals surface area contributed by atoms with E-state index in [1.54, 1.807) is 59.3 Å². The van der Waals surface area contributed by atoms with Crippen LogP contribution in [0.5, 0.6) is 0 Å². The van der Waals surface area contributed by atoms with Crippen LogP contribution >= 0.6 is 28.1 Å². The van der Waals surface area contributed by atoms with Crippen molar-refractivity contribution in [2.75, 3.05) is 4.90 Å². The largest absolute Gasteiger partial charge is 0.478 e. The minimum Gasteiger partial charge on any atom is -0.478 e. The van der Waals surface area contributed by atoms with Crippen LogP contribution in [0.15, 0.2) is 76.9 Å². The molecule has 0 atom stereocenters. The third-order valence-corrected chi connectivity index (χ3v) is 5.46. The first-order valence-corrected chi connectivity index (χ1v) is 10.2. The molecule has 7 nitrogen and oxygen atoms in total. The molecule has 0 radical (unpaired) electrons. The van der Waals surface area contributed by atoms with E-state index < -0.39 is 17.8 Å². The van der Waals surface area contributed by atoms with Crippen LogP contribution in [-0.2, 0) is 9.59 Å². The molecule has 2 heterocycles. The number of carboxylic acids is 1. The zero-order valence-corrected chi connectivity index (χ0v) is 18.2. The zero-order valence-electron chi connectivity index (χ0n) is 15.8. The van der Waals surface area contributed by atoms with Gasteiger partial charge in [-0.25, -0.2) is 4.79 Å². The molecule has 1 aromatic heterocycles. The van der Waals surface area contributed by atoms with Crippen LogP contribution in [-0.4, -0.2) is 32.6 Å². The Kier molecular flexibility index (Phi) is 5.53. The average Bonchev–Trinajstić information content (AvgIpc) is 3.20. The maximum atomic E-state index is 13.1. The lowest BCUT2D eigenvalue weighted by Gasteiger charge is -2.29. The normalized spacial score (nSPS) is 15.3. The van der Waals surface area contributed by atoms with Crippen molar-refractivity contribution in [1.82, 2.24) is 9.88 Å². The summed E-state index contributed by atoms with van der Waals surface area (Å²) in [6, 6.07) is 16.8. The van der Waals surface area contributed by atoms with Gasteiger partial charge in [-0.15, -0.1) is 0 Å². The number of nitrogens with one attached hydrogen (secondary N) is 1. The van der Waals surface area contributed by atoms with E-state index in [4.69, 9.17) is 17.3 Å². The highest BCUT2D eigenvalue weighted by Crippen LogP contribution is 2.24. The van der Waals surface area contributed by atoms with Gasteiger partial charge in [-0.1, -0.05) is 15.9 Å². The first-order valence-electron chi connectivity index (χ1n) is 9.03. The SMILES string of the molecule is O=C1NC(=S)N(c2ccc(Br)cc2)C(=O)/C1=C/c1cccn1-c1ccc(C(=O)O)cc1. The van der Waals surface area contributed by atoms with Gasteiger partial charge in [-0.3, -0.25) is 19.8 Å². The van der Waals surface area contributed by atoms with Gasteiger partial charge in [0.1, 0.15) is 5.57 Å². The lowest BCUT2D eigenvalue weighted by atomic mass is 10.1. The van der Waals surface area contributed by atoms with Gasteiger partial charge in [-0.05, 0) is 79.0 Å². The Morgan fingerprint density at radius 3 is 2.29 bits per heavy atom. The first-order chi connectivity index (χ1) is 14.8. The number of amides is 2. The second-order valence-corrected chi connectivity index (χ2v) is 7.89. The molecule has 2 aromatic carbocycles. The predicted molar refractivity (Wildman–Crippen MR) is 123 cm³/mol.